The van der Waals surface area contributed by atoms with Crippen molar-refractivity contribution in [2.45, 2.75) is 32.8 Å². The summed E-state index contributed by atoms with van der Waals surface area (Å²) in [5, 5.41) is 0. The summed E-state index contributed by atoms with van der Waals surface area (Å²) in [6.45, 7) is 4.87. The molecule has 0 saturated carbocycles. The second-order valence-electron chi connectivity index (χ2n) is 2.72. The fourth-order valence-corrected chi connectivity index (χ4v) is 1.23. The maximum Gasteiger partial charge on any atom is 1.00 e. The smallest absolute Gasteiger partial charge is 0.861 e. The minimum atomic E-state index is -5.06. The van der Waals surface area contributed by atoms with Gasteiger partial charge in [0.2, 0.25) is 0 Å². The molecule has 0 N–H and O–H groups in total. The Labute approximate surface area is 147 Å². The summed E-state index contributed by atoms with van der Waals surface area (Å²) in [6.07, 6.45) is 0.495. The molecule has 0 aromatic rings. The first-order chi connectivity index (χ1) is 4.27. The largest absolute Gasteiger partial charge is 1.00 e. The summed E-state index contributed by atoms with van der Waals surface area (Å²) in [5.74, 6) is 0. The van der Waals surface area contributed by atoms with Crippen LogP contribution in [-0.4, -0.2) is 14.6 Å². The molecule has 0 bridgehead atoms. The fourth-order valence-electron chi connectivity index (χ4n) is 0.411. The van der Waals surface area contributed by atoms with Gasteiger partial charge in [0.1, 0.15) is 0 Å². The Morgan fingerprint density at radius 1 is 1.08 bits per heavy atom. The summed E-state index contributed by atoms with van der Waals surface area (Å²) in [6, 6.07) is 0. The Balaban J connectivity index is -0.000000135. The van der Waals surface area contributed by atoms with Crippen LogP contribution in [0.15, 0.2) is 0 Å². The second kappa shape index (κ2) is 10.2. The zero-order valence-electron chi connectivity index (χ0n) is 9.34. The first-order valence-corrected chi connectivity index (χ1v) is 4.71. The first kappa shape index (κ1) is 25.0. The van der Waals surface area contributed by atoms with Crippen LogP contribution in [0.2, 0.25) is 0 Å². The van der Waals surface area contributed by atoms with Gasteiger partial charge in [-0.25, -0.2) is 0 Å². The van der Waals surface area contributed by atoms with Gasteiger partial charge < -0.3 is 18.8 Å². The SMILES string of the molecule is CCC(C)(C)O[Si]([O-])([O-])[O-].[Na+].[Na+].[Na+]. The van der Waals surface area contributed by atoms with Crippen LogP contribution in [0.3, 0.4) is 0 Å². The van der Waals surface area contributed by atoms with Gasteiger partial charge in [0.25, 0.3) is 0 Å². The molecule has 0 fully saturated rings. The van der Waals surface area contributed by atoms with E-state index >= 15 is 0 Å². The molecule has 0 aromatic carbocycles. The minimum Gasteiger partial charge on any atom is -0.861 e. The van der Waals surface area contributed by atoms with E-state index in [0.717, 1.165) is 0 Å². The zero-order chi connectivity index (χ0) is 8.41. The van der Waals surface area contributed by atoms with Crippen LogP contribution in [-0.2, 0) is 4.43 Å². The van der Waals surface area contributed by atoms with Crippen molar-refractivity contribution in [3.63, 3.8) is 0 Å². The van der Waals surface area contributed by atoms with Crippen LogP contribution in [0.1, 0.15) is 27.2 Å². The summed E-state index contributed by atoms with van der Waals surface area (Å²) in [5.41, 5.74) is -0.850. The van der Waals surface area contributed by atoms with Crippen molar-refractivity contribution in [3.8, 4) is 0 Å². The van der Waals surface area contributed by atoms with Crippen LogP contribution in [0, 0.1) is 0 Å². The zero-order valence-corrected chi connectivity index (χ0v) is 16.3. The van der Waals surface area contributed by atoms with Crippen molar-refractivity contribution in [2.24, 2.45) is 0 Å². The molecule has 0 aliphatic heterocycles. The quantitative estimate of drug-likeness (QED) is 0.453. The van der Waals surface area contributed by atoms with E-state index in [1.165, 1.54) is 0 Å². The van der Waals surface area contributed by atoms with Crippen LogP contribution < -0.4 is 103 Å². The van der Waals surface area contributed by atoms with Gasteiger partial charge in [0.15, 0.2) is 0 Å². The van der Waals surface area contributed by atoms with Crippen LogP contribution in [0.4, 0.5) is 0 Å². The molecule has 0 unspecified atom stereocenters. The third-order valence-corrected chi connectivity index (χ3v) is 2.06. The van der Waals surface area contributed by atoms with E-state index in [-0.39, 0.29) is 88.7 Å². The van der Waals surface area contributed by atoms with E-state index in [0.29, 0.717) is 6.42 Å². The monoisotopic (exact) mass is 232 g/mol. The van der Waals surface area contributed by atoms with Crippen molar-refractivity contribution in [2.75, 3.05) is 0 Å². The molecule has 0 amide bonds. The molecule has 4 nitrogen and oxygen atoms in total. The molecular formula is C5H11Na3O4Si. The fraction of sp³-hybridized carbons (Fsp3) is 1.00. The van der Waals surface area contributed by atoms with E-state index in [4.69, 9.17) is 0 Å². The maximum absolute atomic E-state index is 10.1. The van der Waals surface area contributed by atoms with Crippen LogP contribution in [0.25, 0.3) is 0 Å². The predicted molar refractivity (Wildman–Crippen MR) is 31.2 cm³/mol. The van der Waals surface area contributed by atoms with Gasteiger partial charge in [-0.3, -0.25) is 0 Å². The van der Waals surface area contributed by atoms with Crippen molar-refractivity contribution in [1.82, 2.24) is 0 Å². The Morgan fingerprint density at radius 2 is 1.38 bits per heavy atom. The average molecular weight is 232 g/mol. The number of hydrogen-bond donors (Lipinski definition) is 0. The van der Waals surface area contributed by atoms with Crippen molar-refractivity contribution < 1.29 is 107 Å². The molecule has 0 atom stereocenters. The molecule has 0 rings (SSSR count). The Hall–Kier alpha value is 3.06. The predicted octanol–water partition coefficient (Wildman–Crippen LogP) is -11.3. The van der Waals surface area contributed by atoms with E-state index < -0.39 is 14.6 Å². The van der Waals surface area contributed by atoms with Gasteiger partial charge >= 0.3 is 88.7 Å². The topological polar surface area (TPSA) is 78.4 Å². The molecule has 0 aromatic heterocycles. The molecule has 62 valence electrons. The molecule has 0 aliphatic carbocycles. The molecule has 0 spiro atoms. The normalized spacial score (nSPS) is 10.6. The van der Waals surface area contributed by atoms with Gasteiger partial charge in [-0.1, -0.05) is 6.92 Å². The van der Waals surface area contributed by atoms with Gasteiger partial charge in [-0.2, -0.15) is 0 Å². The van der Waals surface area contributed by atoms with E-state index in [2.05, 4.69) is 4.43 Å². The summed E-state index contributed by atoms with van der Waals surface area (Å²) < 4.78 is 4.25. The maximum atomic E-state index is 10.1. The standard InChI is InChI=1S/C5H11O4Si.3Na/c1-4-5(2,3)9-10(6,7)8;;;/h4H2,1-3H3;;;/q-3;3*+1. The summed E-state index contributed by atoms with van der Waals surface area (Å²) in [4.78, 5) is 30.3. The molecule has 8 heteroatoms. The van der Waals surface area contributed by atoms with E-state index in [1.54, 1.807) is 20.8 Å². The number of hydrogen-bond acceptors (Lipinski definition) is 4. The molecule has 0 radical (unpaired) electrons. The third kappa shape index (κ3) is 17.7. The molecular weight excluding hydrogens is 221 g/mol. The first-order valence-electron chi connectivity index (χ1n) is 3.08. The molecule has 0 aliphatic rings. The van der Waals surface area contributed by atoms with E-state index in [1.807, 2.05) is 0 Å². The minimum absolute atomic E-state index is 0. The van der Waals surface area contributed by atoms with Crippen molar-refractivity contribution >= 4 is 9.05 Å². The van der Waals surface area contributed by atoms with Gasteiger partial charge in [0.05, 0.1) is 0 Å². The molecule has 13 heavy (non-hydrogen) atoms. The van der Waals surface area contributed by atoms with Gasteiger partial charge in [-0.15, -0.1) is 9.05 Å². The molecule has 0 heterocycles. The summed E-state index contributed by atoms with van der Waals surface area (Å²) >= 11 is 0. The van der Waals surface area contributed by atoms with Crippen LogP contribution in [0.5, 0.6) is 0 Å². The van der Waals surface area contributed by atoms with Crippen LogP contribution >= 0.6 is 0 Å². The average Bonchev–Trinajstić information content (AvgIpc) is 1.60. The second-order valence-corrected chi connectivity index (χ2v) is 3.92. The summed E-state index contributed by atoms with van der Waals surface area (Å²) in [7, 11) is -5.06. The van der Waals surface area contributed by atoms with Crippen molar-refractivity contribution in [3.05, 3.63) is 0 Å². The Kier molecular flexibility index (Phi) is 19.7. The Bertz CT molecular complexity index is 117. The number of rotatable bonds is 3. The third-order valence-electron chi connectivity index (χ3n) is 1.25. The van der Waals surface area contributed by atoms with E-state index in [9.17, 15) is 14.4 Å². The van der Waals surface area contributed by atoms with Gasteiger partial charge in [-0.05, 0) is 20.3 Å². The van der Waals surface area contributed by atoms with Crippen molar-refractivity contribution in [1.29, 1.82) is 0 Å². The molecule has 0 saturated heterocycles. The Morgan fingerprint density at radius 3 is 1.46 bits per heavy atom. The van der Waals surface area contributed by atoms with Gasteiger partial charge in [0, 0.05) is 5.60 Å².